The highest BCUT2D eigenvalue weighted by molar-refractivity contribution is 5.98. The molecule has 0 saturated carbocycles. The molecule has 1 aliphatic rings. The van der Waals surface area contributed by atoms with E-state index in [0.29, 0.717) is 6.42 Å². The first-order valence-electron chi connectivity index (χ1n) is 18.3. The van der Waals surface area contributed by atoms with Crippen LogP contribution >= 0.6 is 0 Å². The zero-order valence-corrected chi connectivity index (χ0v) is 30.9. The van der Waals surface area contributed by atoms with E-state index in [0.717, 1.165) is 76.1 Å². The number of nitrogens with zero attached hydrogens (tertiary/aromatic N) is 2. The second kappa shape index (κ2) is 18.9. The van der Waals surface area contributed by atoms with Crippen LogP contribution in [0.5, 0.6) is 5.75 Å². The number of carbonyl (C=O) groups excluding carboxylic acids is 1. The molecule has 0 bridgehead atoms. The van der Waals surface area contributed by atoms with Gasteiger partial charge < -0.3 is 14.5 Å². The highest BCUT2D eigenvalue weighted by Gasteiger charge is 2.20. The second-order valence-corrected chi connectivity index (χ2v) is 12.7. The van der Waals surface area contributed by atoms with Gasteiger partial charge in [-0.3, -0.25) is 4.79 Å². The molecule has 0 aliphatic heterocycles. The van der Waals surface area contributed by atoms with Gasteiger partial charge in [-0.05, 0) is 136 Å². The average molecular weight is 687 g/mol. The number of rotatable bonds is 15. The van der Waals surface area contributed by atoms with Crippen LogP contribution in [0.15, 0.2) is 193 Å². The molecule has 52 heavy (non-hydrogen) atoms. The van der Waals surface area contributed by atoms with Crippen LogP contribution in [0, 0.1) is 5.92 Å². The van der Waals surface area contributed by atoms with E-state index in [1.165, 1.54) is 0 Å². The van der Waals surface area contributed by atoms with Crippen molar-refractivity contribution >= 4 is 34.2 Å². The van der Waals surface area contributed by atoms with Gasteiger partial charge in [-0.15, -0.1) is 0 Å². The molecule has 1 unspecified atom stereocenters. The zero-order chi connectivity index (χ0) is 36.7. The summed E-state index contributed by atoms with van der Waals surface area (Å²) < 4.78 is 6.33. The number of Topliss-reactive ketones (excluding diaryl/α,β-unsaturated/α-hetero) is 1. The Bertz CT molecular complexity index is 1960. The molecule has 0 amide bonds. The van der Waals surface area contributed by atoms with Crippen LogP contribution in [0.1, 0.15) is 53.4 Å². The van der Waals surface area contributed by atoms with Crippen LogP contribution in [0.3, 0.4) is 0 Å². The van der Waals surface area contributed by atoms with E-state index < -0.39 is 0 Å². The lowest BCUT2D eigenvalue weighted by molar-refractivity contribution is -0.118. The fourth-order valence-electron chi connectivity index (χ4n) is 6.20. The largest absolute Gasteiger partial charge is 0.458 e. The van der Waals surface area contributed by atoms with Gasteiger partial charge in [0.2, 0.25) is 0 Å². The number of ether oxygens (including phenoxy) is 1. The minimum atomic E-state index is -0.175. The predicted molar refractivity (Wildman–Crippen MR) is 221 cm³/mol. The fraction of sp³-hybridized carbons (Fsp3) is 0.188. The van der Waals surface area contributed by atoms with Crippen molar-refractivity contribution < 1.29 is 9.53 Å². The molecule has 0 saturated heterocycles. The Labute approximate surface area is 310 Å². The molecule has 0 aromatic heterocycles. The Morgan fingerprint density at radius 3 is 1.98 bits per heavy atom. The maximum atomic E-state index is 13.3. The number of para-hydroxylation sites is 2. The third-order valence-corrected chi connectivity index (χ3v) is 8.95. The van der Waals surface area contributed by atoms with E-state index in [2.05, 4.69) is 139 Å². The number of allylic oxidation sites excluding steroid dienone is 11. The van der Waals surface area contributed by atoms with Gasteiger partial charge in [0.1, 0.15) is 11.5 Å². The lowest BCUT2D eigenvalue weighted by Gasteiger charge is -2.29. The minimum absolute atomic E-state index is 0.170. The van der Waals surface area contributed by atoms with Gasteiger partial charge in [-0.1, -0.05) is 98.9 Å². The fourth-order valence-corrected chi connectivity index (χ4v) is 6.20. The maximum absolute atomic E-state index is 13.3. The molecule has 4 aromatic carbocycles. The molecule has 0 fully saturated rings. The molecule has 1 aliphatic carbocycles. The van der Waals surface area contributed by atoms with Gasteiger partial charge >= 0.3 is 0 Å². The number of carbonyl (C=O) groups is 1. The molecule has 0 spiro atoms. The average Bonchev–Trinajstić information content (AvgIpc) is 3.43. The highest BCUT2D eigenvalue weighted by Crippen LogP contribution is 2.38. The highest BCUT2D eigenvalue weighted by atomic mass is 16.5. The third kappa shape index (κ3) is 9.67. The summed E-state index contributed by atoms with van der Waals surface area (Å²) in [6.07, 6.45) is 21.3. The molecular weight excluding hydrogens is 637 g/mol. The zero-order valence-electron chi connectivity index (χ0n) is 30.9. The molecule has 1 atom stereocenters. The molecular formula is C48H50N2O2. The van der Waals surface area contributed by atoms with E-state index in [9.17, 15) is 4.79 Å². The minimum Gasteiger partial charge on any atom is -0.458 e. The van der Waals surface area contributed by atoms with Crippen molar-refractivity contribution in [3.8, 4) is 5.75 Å². The van der Waals surface area contributed by atoms with Gasteiger partial charge in [-0.2, -0.15) is 0 Å². The van der Waals surface area contributed by atoms with Crippen LogP contribution in [0.25, 0.3) is 0 Å². The SMILES string of the molecule is C=C/C(C)=C\C=C(/CC)C(=O)C1C=CC(Oc2ccc(N(c3ccccc3)c3ccc(N(C(/C=C\C)=C/CC)c4ccccc4)cc3)cc2)=CCC1. The monoisotopic (exact) mass is 686 g/mol. The Morgan fingerprint density at radius 1 is 0.808 bits per heavy atom. The van der Waals surface area contributed by atoms with E-state index in [1.54, 1.807) is 6.08 Å². The Morgan fingerprint density at radius 2 is 1.38 bits per heavy atom. The predicted octanol–water partition coefficient (Wildman–Crippen LogP) is 13.4. The summed E-state index contributed by atoms with van der Waals surface area (Å²) in [6.45, 7) is 12.0. The normalized spacial score (nSPS) is 15.2. The van der Waals surface area contributed by atoms with Gasteiger partial charge in [0, 0.05) is 40.1 Å². The first-order chi connectivity index (χ1) is 25.4. The van der Waals surface area contributed by atoms with Crippen molar-refractivity contribution in [1.82, 2.24) is 0 Å². The number of ketones is 1. The Hall–Kier alpha value is -5.87. The lowest BCUT2D eigenvalue weighted by atomic mass is 9.92. The van der Waals surface area contributed by atoms with Crippen molar-refractivity contribution in [3.05, 3.63) is 193 Å². The summed E-state index contributed by atoms with van der Waals surface area (Å²) in [5.41, 5.74) is 8.31. The quantitative estimate of drug-likeness (QED) is 0.0920. The summed E-state index contributed by atoms with van der Waals surface area (Å²) in [7, 11) is 0. The van der Waals surface area contributed by atoms with Crippen molar-refractivity contribution in [2.24, 2.45) is 5.92 Å². The van der Waals surface area contributed by atoms with Gasteiger partial charge in [0.25, 0.3) is 0 Å². The van der Waals surface area contributed by atoms with Crippen molar-refractivity contribution in [2.45, 2.75) is 53.4 Å². The summed E-state index contributed by atoms with van der Waals surface area (Å²) in [4.78, 5) is 17.9. The third-order valence-electron chi connectivity index (χ3n) is 8.95. The topological polar surface area (TPSA) is 32.8 Å². The van der Waals surface area contributed by atoms with Crippen LogP contribution in [0.2, 0.25) is 0 Å². The van der Waals surface area contributed by atoms with Gasteiger partial charge in [-0.25, -0.2) is 0 Å². The van der Waals surface area contributed by atoms with Gasteiger partial charge in [0.15, 0.2) is 5.78 Å². The van der Waals surface area contributed by atoms with E-state index in [4.69, 9.17) is 4.74 Å². The smallest absolute Gasteiger partial charge is 0.165 e. The maximum Gasteiger partial charge on any atom is 0.165 e. The van der Waals surface area contributed by atoms with Crippen molar-refractivity contribution in [1.29, 1.82) is 0 Å². The van der Waals surface area contributed by atoms with E-state index in [1.807, 2.05) is 62.4 Å². The van der Waals surface area contributed by atoms with E-state index in [-0.39, 0.29) is 11.7 Å². The number of benzene rings is 4. The lowest BCUT2D eigenvalue weighted by Crippen LogP contribution is -2.15. The molecule has 0 heterocycles. The molecule has 5 rings (SSSR count). The van der Waals surface area contributed by atoms with Crippen molar-refractivity contribution in [3.63, 3.8) is 0 Å². The molecule has 0 N–H and O–H groups in total. The second-order valence-electron chi connectivity index (χ2n) is 12.7. The molecule has 4 heteroatoms. The molecule has 4 aromatic rings. The Kier molecular flexibility index (Phi) is 13.6. The molecule has 4 nitrogen and oxygen atoms in total. The molecule has 264 valence electrons. The van der Waals surface area contributed by atoms with Crippen LogP contribution in [-0.4, -0.2) is 5.78 Å². The first-order valence-corrected chi connectivity index (χ1v) is 18.3. The van der Waals surface area contributed by atoms with Crippen LogP contribution in [-0.2, 0) is 4.79 Å². The number of hydrogen-bond donors (Lipinski definition) is 0. The van der Waals surface area contributed by atoms with E-state index >= 15 is 0 Å². The summed E-state index contributed by atoms with van der Waals surface area (Å²) >= 11 is 0. The molecule has 0 radical (unpaired) electrons. The first kappa shape index (κ1) is 37.4. The summed E-state index contributed by atoms with van der Waals surface area (Å²) in [5, 5.41) is 0. The van der Waals surface area contributed by atoms with Gasteiger partial charge in [0.05, 0.1) is 0 Å². The number of anilines is 5. The van der Waals surface area contributed by atoms with Crippen LogP contribution in [0.4, 0.5) is 28.4 Å². The Balaban J connectivity index is 1.37. The number of hydrogen-bond acceptors (Lipinski definition) is 4. The summed E-state index contributed by atoms with van der Waals surface area (Å²) in [6, 6.07) is 37.8. The van der Waals surface area contributed by atoms with Crippen LogP contribution < -0.4 is 14.5 Å². The van der Waals surface area contributed by atoms with Crippen molar-refractivity contribution in [2.75, 3.05) is 9.80 Å². The standard InChI is InChI=1S/C48H50N2O2/c1-6-17-40(18-7-2)49(41-20-12-10-13-21-41)43-28-30-44(31-29-43)50(42-22-14-11-15-23-42)45-32-35-47(36-33-45)52-46-24-16-19-39(27-34-46)48(51)38(9-4)26-25-37(5)8-3/h6,8,10-15,17-18,20-36,39H,3,7,9,16,19H2,1-2,4-5H3/b17-6-,37-25-,38-26+,40-18+. The summed E-state index contributed by atoms with van der Waals surface area (Å²) in [5.74, 6) is 1.49.